The Balaban J connectivity index is 1.48. The molecule has 200 valence electrons. The lowest BCUT2D eigenvalue weighted by molar-refractivity contribution is -0.145. The van der Waals surface area contributed by atoms with Crippen LogP contribution in [0.25, 0.3) is 10.6 Å². The fourth-order valence-corrected chi connectivity index (χ4v) is 4.82. The van der Waals surface area contributed by atoms with Crippen molar-refractivity contribution < 1.29 is 36.3 Å². The number of amides is 2. The summed E-state index contributed by atoms with van der Waals surface area (Å²) in [5.74, 6) is -6.05. The molecule has 2 atom stereocenters. The van der Waals surface area contributed by atoms with E-state index < -0.39 is 41.7 Å². The third-order valence-corrected chi connectivity index (χ3v) is 7.19. The van der Waals surface area contributed by atoms with Crippen LogP contribution >= 0.6 is 11.3 Å². The van der Waals surface area contributed by atoms with E-state index in [1.165, 1.54) is 28.4 Å². The van der Waals surface area contributed by atoms with Gasteiger partial charge in [0.1, 0.15) is 5.01 Å². The van der Waals surface area contributed by atoms with Gasteiger partial charge >= 0.3 is 6.18 Å². The summed E-state index contributed by atoms with van der Waals surface area (Å²) in [7, 11) is 0. The Hall–Kier alpha value is -3.68. The van der Waals surface area contributed by atoms with Crippen LogP contribution in [-0.4, -0.2) is 45.8 Å². The van der Waals surface area contributed by atoms with E-state index in [0.29, 0.717) is 10.6 Å². The van der Waals surface area contributed by atoms with Gasteiger partial charge in [-0.05, 0) is 26.0 Å². The highest BCUT2D eigenvalue weighted by Gasteiger charge is 2.58. The lowest BCUT2D eigenvalue weighted by Gasteiger charge is -2.31. The zero-order valence-electron chi connectivity index (χ0n) is 20.0. The van der Waals surface area contributed by atoms with E-state index in [0.717, 1.165) is 17.3 Å². The number of aromatic nitrogens is 3. The Morgan fingerprint density at radius 3 is 2.50 bits per heavy atom. The minimum absolute atomic E-state index is 0.0807. The van der Waals surface area contributed by atoms with Crippen LogP contribution in [0.1, 0.15) is 46.0 Å². The zero-order valence-corrected chi connectivity index (χ0v) is 20.8. The number of fused-ring (bicyclic) bond motifs is 1. The van der Waals surface area contributed by atoms with E-state index in [2.05, 4.69) is 20.3 Å². The van der Waals surface area contributed by atoms with Gasteiger partial charge in [0, 0.05) is 53.5 Å². The number of benzene rings is 1. The third-order valence-electron chi connectivity index (χ3n) is 6.25. The highest BCUT2D eigenvalue weighted by Crippen LogP contribution is 2.51. The predicted molar refractivity (Wildman–Crippen MR) is 126 cm³/mol. The number of nitrogens with one attached hydrogen (secondary N) is 1. The van der Waals surface area contributed by atoms with Crippen LogP contribution in [0, 0.1) is 12.8 Å². The molecule has 14 heteroatoms. The normalized spacial score (nSPS) is 19.0. The number of thiazole rings is 1. The van der Waals surface area contributed by atoms with E-state index in [1.54, 1.807) is 13.1 Å². The molecule has 1 aliphatic carbocycles. The third kappa shape index (κ3) is 5.04. The Labute approximate surface area is 216 Å². The first kappa shape index (κ1) is 25.9. The molecule has 2 amide bonds. The number of aryl methyl sites for hydroxylation is 1. The largest absolute Gasteiger partial charge is 0.481 e. The molecule has 0 saturated heterocycles. The van der Waals surface area contributed by atoms with E-state index in [9.17, 15) is 31.5 Å². The van der Waals surface area contributed by atoms with Gasteiger partial charge in [0.15, 0.2) is 12.4 Å². The number of ether oxygens (including phenoxy) is 1. The van der Waals surface area contributed by atoms with Gasteiger partial charge in [0.25, 0.3) is 17.7 Å². The number of nitrogens with zero attached hydrogens (tertiary/aromatic N) is 4. The standard InChI is InChI=1S/C24H20F5N5O3S/c1-11-6-30-21(38-11)16-3-13(20(36)33-12(2)14-7-31-22(32-8-14)24(27,28)29)4-17-19(16)37-10-18(35)34(17)9-15-5-23(15,25)26/h3-4,6-8,12,15H,5,9-10H2,1-2H3,(H,33,36)/t12-,15?/m1/s1. The predicted octanol–water partition coefficient (Wildman–Crippen LogP) is 4.80. The van der Waals surface area contributed by atoms with Crippen LogP contribution in [-0.2, 0) is 11.0 Å². The molecule has 8 nitrogen and oxygen atoms in total. The van der Waals surface area contributed by atoms with Gasteiger partial charge in [-0.15, -0.1) is 11.3 Å². The van der Waals surface area contributed by atoms with Crippen LogP contribution in [0.15, 0.2) is 30.7 Å². The van der Waals surface area contributed by atoms with E-state index in [-0.39, 0.29) is 42.1 Å². The molecule has 1 N–H and O–H groups in total. The zero-order chi connectivity index (χ0) is 27.4. The van der Waals surface area contributed by atoms with Crippen LogP contribution < -0.4 is 15.0 Å². The number of halogens is 5. The summed E-state index contributed by atoms with van der Waals surface area (Å²) in [6.07, 6.45) is -1.46. The molecule has 1 saturated carbocycles. The Bertz CT molecular complexity index is 1410. The van der Waals surface area contributed by atoms with Crippen molar-refractivity contribution in [1.29, 1.82) is 0 Å². The average molecular weight is 554 g/mol. The molecular weight excluding hydrogens is 533 g/mol. The van der Waals surface area contributed by atoms with Gasteiger partial charge in [0.05, 0.1) is 17.3 Å². The molecular formula is C24H20F5N5O3S. The lowest BCUT2D eigenvalue weighted by Crippen LogP contribution is -2.41. The summed E-state index contributed by atoms with van der Waals surface area (Å²) in [5.41, 5.74) is 0.898. The first-order valence-electron chi connectivity index (χ1n) is 11.5. The smallest absolute Gasteiger partial charge is 0.451 e. The van der Waals surface area contributed by atoms with Gasteiger partial charge in [-0.1, -0.05) is 0 Å². The molecule has 1 aromatic carbocycles. The van der Waals surface area contributed by atoms with Crippen LogP contribution in [0.5, 0.6) is 5.75 Å². The number of anilines is 1. The second kappa shape index (κ2) is 9.26. The maximum atomic E-state index is 13.7. The van der Waals surface area contributed by atoms with Gasteiger partial charge in [-0.25, -0.2) is 23.7 Å². The van der Waals surface area contributed by atoms with Gasteiger partial charge in [0.2, 0.25) is 5.82 Å². The fraction of sp³-hybridized carbons (Fsp3) is 0.375. The van der Waals surface area contributed by atoms with Gasteiger partial charge < -0.3 is 15.0 Å². The lowest BCUT2D eigenvalue weighted by atomic mass is 10.0. The molecule has 3 aromatic rings. The maximum Gasteiger partial charge on any atom is 0.451 e. The molecule has 1 unspecified atom stereocenters. The number of rotatable bonds is 6. The summed E-state index contributed by atoms with van der Waals surface area (Å²) in [5, 5.41) is 3.18. The molecule has 0 radical (unpaired) electrons. The van der Waals surface area contributed by atoms with Crippen molar-refractivity contribution in [2.45, 2.75) is 38.4 Å². The van der Waals surface area contributed by atoms with Crippen LogP contribution in [0.2, 0.25) is 0 Å². The average Bonchev–Trinajstić information content (AvgIpc) is 3.23. The van der Waals surface area contributed by atoms with Gasteiger partial charge in [-0.2, -0.15) is 13.2 Å². The van der Waals surface area contributed by atoms with Crippen molar-refractivity contribution in [3.63, 3.8) is 0 Å². The monoisotopic (exact) mass is 553 g/mol. The number of carbonyl (C=O) groups is 2. The molecule has 3 heterocycles. The molecule has 1 fully saturated rings. The summed E-state index contributed by atoms with van der Waals surface area (Å²) < 4.78 is 71.4. The summed E-state index contributed by atoms with van der Waals surface area (Å²) >= 11 is 1.32. The second-order valence-corrected chi connectivity index (χ2v) is 10.4. The minimum Gasteiger partial charge on any atom is -0.481 e. The maximum absolute atomic E-state index is 13.7. The molecule has 1 aliphatic heterocycles. The minimum atomic E-state index is -4.70. The first-order valence-corrected chi connectivity index (χ1v) is 12.3. The molecule has 2 aromatic heterocycles. The molecule has 38 heavy (non-hydrogen) atoms. The first-order chi connectivity index (χ1) is 17.8. The highest BCUT2D eigenvalue weighted by atomic mass is 32.1. The topological polar surface area (TPSA) is 97.3 Å². The molecule has 5 rings (SSSR count). The van der Waals surface area contributed by atoms with E-state index >= 15 is 0 Å². The van der Waals surface area contributed by atoms with Crippen molar-refractivity contribution >= 4 is 28.8 Å². The molecule has 2 aliphatic rings. The summed E-state index contributed by atoms with van der Waals surface area (Å²) in [4.78, 5) is 39.0. The quantitative estimate of drug-likeness (QED) is 0.441. The highest BCUT2D eigenvalue weighted by molar-refractivity contribution is 7.15. The fourth-order valence-electron chi connectivity index (χ4n) is 4.04. The SMILES string of the molecule is Cc1cnc(-c2cc(C(=O)N[C@H](C)c3cnc(C(F)(F)F)nc3)cc3c2OCC(=O)N3CC2CC2(F)F)s1. The number of alkyl halides is 5. The number of hydrogen-bond acceptors (Lipinski definition) is 7. The van der Waals surface area contributed by atoms with Crippen molar-refractivity contribution in [1.82, 2.24) is 20.3 Å². The molecule has 0 spiro atoms. The van der Waals surface area contributed by atoms with E-state index in [4.69, 9.17) is 4.74 Å². The van der Waals surface area contributed by atoms with Crippen molar-refractivity contribution in [2.75, 3.05) is 18.1 Å². The van der Waals surface area contributed by atoms with Gasteiger partial charge in [-0.3, -0.25) is 9.59 Å². The second-order valence-electron chi connectivity index (χ2n) is 9.14. The van der Waals surface area contributed by atoms with Crippen molar-refractivity contribution in [3.05, 3.63) is 52.6 Å². The van der Waals surface area contributed by atoms with Crippen molar-refractivity contribution in [2.24, 2.45) is 5.92 Å². The molecule has 0 bridgehead atoms. The number of carbonyl (C=O) groups excluding carboxylic acids is 2. The Kier molecular flexibility index (Phi) is 6.32. The van der Waals surface area contributed by atoms with Crippen molar-refractivity contribution in [3.8, 4) is 16.3 Å². The number of hydrogen-bond donors (Lipinski definition) is 1. The van der Waals surface area contributed by atoms with Crippen LogP contribution in [0.3, 0.4) is 0 Å². The Morgan fingerprint density at radius 2 is 1.92 bits per heavy atom. The summed E-state index contributed by atoms with van der Waals surface area (Å²) in [6.45, 7) is 2.80. The van der Waals surface area contributed by atoms with Crippen LogP contribution in [0.4, 0.5) is 27.6 Å². The van der Waals surface area contributed by atoms with E-state index in [1.807, 2.05) is 6.92 Å². The summed E-state index contributed by atoms with van der Waals surface area (Å²) in [6, 6.07) is 2.12. The Morgan fingerprint density at radius 1 is 1.24 bits per heavy atom.